The highest BCUT2D eigenvalue weighted by atomic mass is 35.5. The molecular weight excluding hydrogens is 458 g/mol. The number of likely N-dealkylation sites (tertiary alicyclic amines) is 1. The van der Waals surface area contributed by atoms with Crippen molar-refractivity contribution in [1.82, 2.24) is 15.1 Å². The number of carbonyl (C=O) groups excluding carboxylic acids is 1. The van der Waals surface area contributed by atoms with E-state index in [9.17, 15) is 4.79 Å². The molecule has 1 atom stereocenters. The zero-order valence-corrected chi connectivity index (χ0v) is 21.9. The predicted octanol–water partition coefficient (Wildman–Crippen LogP) is 5.13. The molecule has 1 fully saturated rings. The molecule has 1 amide bonds. The van der Waals surface area contributed by atoms with Gasteiger partial charge in [-0.05, 0) is 81.8 Å². The first kappa shape index (κ1) is 27.4. The van der Waals surface area contributed by atoms with Crippen molar-refractivity contribution in [2.45, 2.75) is 46.3 Å². The minimum absolute atomic E-state index is 0. The van der Waals surface area contributed by atoms with Gasteiger partial charge in [-0.25, -0.2) is 0 Å². The maximum absolute atomic E-state index is 12.6. The van der Waals surface area contributed by atoms with Crippen molar-refractivity contribution in [3.63, 3.8) is 0 Å². The molecule has 0 bridgehead atoms. The Hall–Kier alpha value is -1.80. The lowest BCUT2D eigenvalue weighted by atomic mass is 10.1. The Morgan fingerprint density at radius 2 is 1.85 bits per heavy atom. The third-order valence-electron chi connectivity index (χ3n) is 6.06. The quantitative estimate of drug-likeness (QED) is 0.438. The predicted molar refractivity (Wildman–Crippen MR) is 139 cm³/mol. The number of rotatable bonds is 11. The summed E-state index contributed by atoms with van der Waals surface area (Å²) in [7, 11) is 1.66. The molecule has 1 aliphatic rings. The van der Waals surface area contributed by atoms with Gasteiger partial charge in [0.1, 0.15) is 6.23 Å². The molecule has 6 nitrogen and oxygen atoms in total. The van der Waals surface area contributed by atoms with Crippen LogP contribution in [0.3, 0.4) is 0 Å². The van der Waals surface area contributed by atoms with Crippen molar-refractivity contribution in [2.24, 2.45) is 0 Å². The van der Waals surface area contributed by atoms with Crippen LogP contribution < -0.4 is 14.8 Å². The number of hydrogen-bond acceptors (Lipinski definition) is 6. The molecule has 1 unspecified atom stereocenters. The summed E-state index contributed by atoms with van der Waals surface area (Å²) in [5.41, 5.74) is 1.02. The van der Waals surface area contributed by atoms with E-state index in [2.05, 4.69) is 35.9 Å². The Kier molecular flexibility index (Phi) is 11.5. The minimum Gasteiger partial charge on any atom is -0.493 e. The van der Waals surface area contributed by atoms with Gasteiger partial charge in [-0.2, -0.15) is 0 Å². The number of ether oxygens (including phenoxy) is 2. The van der Waals surface area contributed by atoms with Gasteiger partial charge < -0.3 is 19.7 Å². The first-order valence-electron chi connectivity index (χ1n) is 11.7. The largest absolute Gasteiger partial charge is 0.493 e. The lowest BCUT2D eigenvalue weighted by molar-refractivity contribution is 0.0458. The molecule has 2 heterocycles. The summed E-state index contributed by atoms with van der Waals surface area (Å²) in [6.07, 6.45) is 3.83. The number of amides is 1. The number of nitrogens with zero attached hydrogens (tertiary/aromatic N) is 2. The van der Waals surface area contributed by atoms with Gasteiger partial charge in [-0.15, -0.1) is 23.7 Å². The summed E-state index contributed by atoms with van der Waals surface area (Å²) in [4.78, 5) is 19.0. The molecule has 1 aromatic heterocycles. The lowest BCUT2D eigenvalue weighted by Gasteiger charge is -2.27. The second kappa shape index (κ2) is 13.8. The molecule has 1 aromatic carbocycles. The Balaban J connectivity index is 0.00000385. The normalized spacial score (nSPS) is 15.1. The zero-order chi connectivity index (χ0) is 22.9. The molecule has 1 aliphatic heterocycles. The molecule has 33 heavy (non-hydrogen) atoms. The van der Waals surface area contributed by atoms with Crippen molar-refractivity contribution in [3.05, 3.63) is 35.2 Å². The smallest absolute Gasteiger partial charge is 0.261 e. The Morgan fingerprint density at radius 1 is 1.12 bits per heavy atom. The fourth-order valence-electron chi connectivity index (χ4n) is 4.13. The maximum Gasteiger partial charge on any atom is 0.261 e. The molecule has 1 N–H and O–H groups in total. The molecule has 0 saturated carbocycles. The summed E-state index contributed by atoms with van der Waals surface area (Å²) in [5.74, 6) is 1.42. The van der Waals surface area contributed by atoms with Crippen molar-refractivity contribution >= 4 is 29.7 Å². The number of thiophene rings is 1. The summed E-state index contributed by atoms with van der Waals surface area (Å²) in [6, 6.07) is 9.85. The van der Waals surface area contributed by atoms with Gasteiger partial charge in [0, 0.05) is 18.0 Å². The summed E-state index contributed by atoms with van der Waals surface area (Å²) in [6.45, 7) is 12.1. The van der Waals surface area contributed by atoms with Gasteiger partial charge in [0.2, 0.25) is 0 Å². The van der Waals surface area contributed by atoms with E-state index in [-0.39, 0.29) is 24.5 Å². The van der Waals surface area contributed by atoms with E-state index in [4.69, 9.17) is 9.47 Å². The standard InChI is InChI=1S/C25H37N3O3S.ClH/c1-5-28(6-2)19(3)31-21-11-10-20(18-22(21)30-4)23-12-13-24(32-23)25(29)26-14-17-27-15-8-7-9-16-27;/h10-13,18-19H,5-9,14-17H2,1-4H3,(H,26,29);1H. The summed E-state index contributed by atoms with van der Waals surface area (Å²) >= 11 is 1.50. The van der Waals surface area contributed by atoms with E-state index >= 15 is 0 Å². The van der Waals surface area contributed by atoms with Crippen LogP contribution in [0.4, 0.5) is 0 Å². The number of methoxy groups -OCH3 is 1. The van der Waals surface area contributed by atoms with Crippen LogP contribution in [0, 0.1) is 0 Å². The molecule has 184 valence electrons. The average Bonchev–Trinajstić information content (AvgIpc) is 3.31. The van der Waals surface area contributed by atoms with Crippen molar-refractivity contribution < 1.29 is 14.3 Å². The van der Waals surface area contributed by atoms with E-state index in [1.807, 2.05) is 30.3 Å². The molecule has 3 rings (SSSR count). The van der Waals surface area contributed by atoms with Gasteiger partial charge in [0.15, 0.2) is 11.5 Å². The first-order chi connectivity index (χ1) is 15.5. The highest BCUT2D eigenvalue weighted by molar-refractivity contribution is 7.17. The Morgan fingerprint density at radius 3 is 2.52 bits per heavy atom. The molecule has 8 heteroatoms. The fraction of sp³-hybridized carbons (Fsp3) is 0.560. The van der Waals surface area contributed by atoms with E-state index in [1.54, 1.807) is 7.11 Å². The summed E-state index contributed by atoms with van der Waals surface area (Å²) in [5, 5.41) is 3.07. The molecule has 0 aliphatic carbocycles. The molecule has 1 saturated heterocycles. The lowest BCUT2D eigenvalue weighted by Crippen LogP contribution is -2.37. The van der Waals surface area contributed by atoms with E-state index in [0.717, 1.165) is 53.8 Å². The van der Waals surface area contributed by atoms with Crippen LogP contribution >= 0.6 is 23.7 Å². The number of benzene rings is 1. The molecule has 2 aromatic rings. The second-order valence-electron chi connectivity index (χ2n) is 8.13. The van der Waals surface area contributed by atoms with Crippen LogP contribution in [0.1, 0.15) is 49.7 Å². The van der Waals surface area contributed by atoms with E-state index in [1.165, 1.54) is 30.6 Å². The van der Waals surface area contributed by atoms with Crippen LogP contribution in [0.5, 0.6) is 11.5 Å². The number of carbonyl (C=O) groups is 1. The number of hydrogen-bond donors (Lipinski definition) is 1. The zero-order valence-electron chi connectivity index (χ0n) is 20.3. The molecule has 0 spiro atoms. The molecule has 0 radical (unpaired) electrons. The van der Waals surface area contributed by atoms with Crippen molar-refractivity contribution in [2.75, 3.05) is 46.4 Å². The molecular formula is C25H38ClN3O3S. The maximum atomic E-state index is 12.6. The SMILES string of the molecule is CCN(CC)C(C)Oc1ccc(-c2ccc(C(=O)NCCN3CCCCC3)s2)cc1OC.Cl. The Bertz CT molecular complexity index is 866. The number of nitrogens with one attached hydrogen (secondary N) is 1. The van der Waals surface area contributed by atoms with Crippen LogP contribution in [-0.2, 0) is 0 Å². The number of piperidine rings is 1. The second-order valence-corrected chi connectivity index (χ2v) is 9.21. The Labute approximate surface area is 208 Å². The first-order valence-corrected chi connectivity index (χ1v) is 12.6. The highest BCUT2D eigenvalue weighted by Gasteiger charge is 2.17. The van der Waals surface area contributed by atoms with Gasteiger partial charge in [-0.3, -0.25) is 9.69 Å². The van der Waals surface area contributed by atoms with Gasteiger partial charge in [0.05, 0.1) is 12.0 Å². The highest BCUT2D eigenvalue weighted by Crippen LogP contribution is 2.36. The van der Waals surface area contributed by atoms with Gasteiger partial charge >= 0.3 is 0 Å². The van der Waals surface area contributed by atoms with Crippen molar-refractivity contribution in [1.29, 1.82) is 0 Å². The van der Waals surface area contributed by atoms with Gasteiger partial charge in [-0.1, -0.05) is 20.3 Å². The van der Waals surface area contributed by atoms with Crippen LogP contribution in [-0.4, -0.2) is 68.3 Å². The third-order valence-corrected chi connectivity index (χ3v) is 7.20. The fourth-order valence-corrected chi connectivity index (χ4v) is 5.05. The average molecular weight is 496 g/mol. The third kappa shape index (κ3) is 7.60. The van der Waals surface area contributed by atoms with Crippen molar-refractivity contribution in [3.8, 4) is 21.9 Å². The van der Waals surface area contributed by atoms with E-state index < -0.39 is 0 Å². The topological polar surface area (TPSA) is 54.0 Å². The number of halogens is 1. The van der Waals surface area contributed by atoms with Crippen LogP contribution in [0.25, 0.3) is 10.4 Å². The van der Waals surface area contributed by atoms with E-state index in [0.29, 0.717) is 12.3 Å². The minimum atomic E-state index is -0.0354. The summed E-state index contributed by atoms with van der Waals surface area (Å²) < 4.78 is 11.7. The van der Waals surface area contributed by atoms with Crippen LogP contribution in [0.2, 0.25) is 0 Å². The van der Waals surface area contributed by atoms with Crippen LogP contribution in [0.15, 0.2) is 30.3 Å². The van der Waals surface area contributed by atoms with Gasteiger partial charge in [0.25, 0.3) is 5.91 Å². The monoisotopic (exact) mass is 495 g/mol.